The fraction of sp³-hybridized carbons (Fsp3) is 0. The molecule has 0 fully saturated rings. The minimum atomic E-state index is 0.622. The second-order valence-corrected chi connectivity index (χ2v) is 10.9. The number of nitrogens with zero attached hydrogens (tertiary/aromatic N) is 2. The van der Waals surface area contributed by atoms with Crippen molar-refractivity contribution in [1.82, 2.24) is 0 Å². The SMILES string of the molecule is C=C(Nc1ccccc1-c1ccccc1)c1ccc2c(-c3ccc(C#N)cc3)c3ccccc3c(-c3ccc(C#N)cc3)c2c1. The molecule has 7 aromatic carbocycles. The van der Waals surface area contributed by atoms with Crippen LogP contribution in [0.4, 0.5) is 5.69 Å². The van der Waals surface area contributed by atoms with E-state index in [-0.39, 0.29) is 0 Å². The van der Waals surface area contributed by atoms with Crippen LogP contribution >= 0.6 is 0 Å². The van der Waals surface area contributed by atoms with Crippen molar-refractivity contribution in [1.29, 1.82) is 10.5 Å². The molecule has 0 unspecified atom stereocenters. The monoisotopic (exact) mass is 573 g/mol. The number of hydrogen-bond acceptors (Lipinski definition) is 3. The predicted octanol–water partition coefficient (Wildman–Crippen LogP) is 10.8. The van der Waals surface area contributed by atoms with E-state index >= 15 is 0 Å². The molecular formula is C42H27N3. The molecule has 0 bridgehead atoms. The molecule has 0 atom stereocenters. The second kappa shape index (κ2) is 11.7. The Morgan fingerprint density at radius 1 is 0.489 bits per heavy atom. The summed E-state index contributed by atoms with van der Waals surface area (Å²) in [4.78, 5) is 0. The van der Waals surface area contributed by atoms with Crippen LogP contribution in [0.5, 0.6) is 0 Å². The van der Waals surface area contributed by atoms with Gasteiger partial charge in [0.1, 0.15) is 0 Å². The smallest absolute Gasteiger partial charge is 0.0991 e. The van der Waals surface area contributed by atoms with E-state index in [0.29, 0.717) is 11.1 Å². The van der Waals surface area contributed by atoms with Gasteiger partial charge in [0.05, 0.1) is 23.3 Å². The van der Waals surface area contributed by atoms with Gasteiger partial charge in [0.15, 0.2) is 0 Å². The molecule has 0 saturated heterocycles. The molecule has 1 N–H and O–H groups in total. The zero-order valence-electron chi connectivity index (χ0n) is 24.5. The molecule has 210 valence electrons. The summed E-state index contributed by atoms with van der Waals surface area (Å²) in [5, 5.41) is 26.9. The third-order valence-electron chi connectivity index (χ3n) is 8.28. The maximum Gasteiger partial charge on any atom is 0.0991 e. The molecule has 3 nitrogen and oxygen atoms in total. The van der Waals surface area contributed by atoms with Crippen molar-refractivity contribution in [2.75, 3.05) is 5.32 Å². The number of fused-ring (bicyclic) bond motifs is 2. The summed E-state index contributed by atoms with van der Waals surface area (Å²) >= 11 is 0. The summed E-state index contributed by atoms with van der Waals surface area (Å²) in [7, 11) is 0. The van der Waals surface area contributed by atoms with Crippen molar-refractivity contribution in [3.63, 3.8) is 0 Å². The maximum atomic E-state index is 9.47. The highest BCUT2D eigenvalue weighted by atomic mass is 14.9. The Morgan fingerprint density at radius 2 is 1.00 bits per heavy atom. The van der Waals surface area contributed by atoms with Gasteiger partial charge in [0.2, 0.25) is 0 Å². The summed E-state index contributed by atoms with van der Waals surface area (Å²) in [5.74, 6) is 0. The second-order valence-electron chi connectivity index (χ2n) is 10.9. The Bertz CT molecular complexity index is 2300. The van der Waals surface area contributed by atoms with Gasteiger partial charge in [0, 0.05) is 16.9 Å². The highest BCUT2D eigenvalue weighted by Crippen LogP contribution is 2.44. The van der Waals surface area contributed by atoms with Gasteiger partial charge in [-0.1, -0.05) is 116 Å². The number of nitriles is 2. The lowest BCUT2D eigenvalue weighted by Gasteiger charge is -2.20. The van der Waals surface area contributed by atoms with Gasteiger partial charge in [-0.25, -0.2) is 0 Å². The summed E-state index contributed by atoms with van der Waals surface area (Å²) in [6, 6.07) is 53.6. The molecule has 7 aromatic rings. The first kappa shape index (κ1) is 27.4. The van der Waals surface area contributed by atoms with Gasteiger partial charge in [-0.2, -0.15) is 10.5 Å². The lowest BCUT2D eigenvalue weighted by molar-refractivity contribution is 1.48. The molecule has 0 saturated carbocycles. The Morgan fingerprint density at radius 3 is 1.60 bits per heavy atom. The van der Waals surface area contributed by atoms with Gasteiger partial charge >= 0.3 is 0 Å². The topological polar surface area (TPSA) is 59.6 Å². The molecule has 0 aliphatic carbocycles. The van der Waals surface area contributed by atoms with E-state index in [2.05, 4.69) is 90.8 Å². The van der Waals surface area contributed by atoms with Crippen LogP contribution in [0.15, 0.2) is 152 Å². The molecule has 3 heteroatoms. The third kappa shape index (κ3) is 5.10. The minimum absolute atomic E-state index is 0.622. The summed E-state index contributed by atoms with van der Waals surface area (Å²) < 4.78 is 0. The van der Waals surface area contributed by atoms with Crippen LogP contribution < -0.4 is 5.32 Å². The van der Waals surface area contributed by atoms with E-state index in [1.165, 1.54) is 0 Å². The molecule has 0 aromatic heterocycles. The first-order valence-corrected chi connectivity index (χ1v) is 14.7. The Balaban J connectivity index is 1.44. The van der Waals surface area contributed by atoms with Crippen LogP contribution in [0.2, 0.25) is 0 Å². The number of hydrogen-bond donors (Lipinski definition) is 1. The zero-order valence-corrected chi connectivity index (χ0v) is 24.5. The molecule has 0 spiro atoms. The molecule has 0 amide bonds. The molecule has 0 aliphatic rings. The van der Waals surface area contributed by atoms with E-state index in [1.807, 2.05) is 78.9 Å². The van der Waals surface area contributed by atoms with Crippen molar-refractivity contribution in [3.05, 3.63) is 169 Å². The lowest BCUT2D eigenvalue weighted by Crippen LogP contribution is -2.00. The van der Waals surface area contributed by atoms with E-state index < -0.39 is 0 Å². The van der Waals surface area contributed by atoms with E-state index in [1.54, 1.807) is 0 Å². The van der Waals surface area contributed by atoms with E-state index in [0.717, 1.165) is 71.9 Å². The summed E-state index contributed by atoms with van der Waals surface area (Å²) in [6.45, 7) is 4.47. The number of benzene rings is 7. The van der Waals surface area contributed by atoms with Gasteiger partial charge < -0.3 is 5.32 Å². The fourth-order valence-electron chi connectivity index (χ4n) is 6.11. The van der Waals surface area contributed by atoms with Gasteiger partial charge in [0.25, 0.3) is 0 Å². The van der Waals surface area contributed by atoms with Gasteiger partial charge in [-0.15, -0.1) is 0 Å². The molecule has 0 aliphatic heterocycles. The van der Waals surface area contributed by atoms with E-state index in [9.17, 15) is 10.5 Å². The van der Waals surface area contributed by atoms with Gasteiger partial charge in [-0.3, -0.25) is 0 Å². The Hall–Kier alpha value is -6.42. The largest absolute Gasteiger partial charge is 0.355 e. The Kier molecular flexibility index (Phi) is 7.12. The number of para-hydroxylation sites is 1. The average molecular weight is 574 g/mol. The average Bonchev–Trinajstić information content (AvgIpc) is 3.11. The van der Waals surface area contributed by atoms with Crippen LogP contribution in [-0.4, -0.2) is 0 Å². The molecule has 0 heterocycles. The quantitative estimate of drug-likeness (QED) is 0.201. The first-order valence-electron chi connectivity index (χ1n) is 14.7. The standard InChI is InChI=1S/C42H27N3/c1-28(45-40-14-8-7-11-35(40)31-9-3-2-4-10-31)34-23-24-38-39(25-34)42(33-21-17-30(27-44)18-22-33)37-13-6-5-12-36(37)41(38)32-19-15-29(26-43)16-20-32/h2-25,45H,1H2. The minimum Gasteiger partial charge on any atom is -0.355 e. The van der Waals surface area contributed by atoms with Crippen LogP contribution in [0.3, 0.4) is 0 Å². The van der Waals surface area contributed by atoms with Crippen molar-refractivity contribution < 1.29 is 0 Å². The molecular weight excluding hydrogens is 546 g/mol. The fourth-order valence-corrected chi connectivity index (χ4v) is 6.11. The maximum absolute atomic E-state index is 9.47. The van der Waals surface area contributed by atoms with Crippen molar-refractivity contribution in [2.24, 2.45) is 0 Å². The Labute approximate surface area is 262 Å². The van der Waals surface area contributed by atoms with Crippen LogP contribution in [0, 0.1) is 22.7 Å². The first-order chi connectivity index (χ1) is 22.1. The van der Waals surface area contributed by atoms with Crippen LogP contribution in [0.1, 0.15) is 16.7 Å². The lowest BCUT2D eigenvalue weighted by atomic mass is 9.85. The highest BCUT2D eigenvalue weighted by molar-refractivity contribution is 6.21. The number of anilines is 1. The van der Waals surface area contributed by atoms with Crippen molar-refractivity contribution in [3.8, 4) is 45.5 Å². The normalized spacial score (nSPS) is 10.7. The molecule has 45 heavy (non-hydrogen) atoms. The summed E-state index contributed by atoms with van der Waals surface area (Å²) in [5.41, 5.74) is 10.5. The van der Waals surface area contributed by atoms with E-state index in [4.69, 9.17) is 0 Å². The van der Waals surface area contributed by atoms with Gasteiger partial charge in [-0.05, 0) is 91.3 Å². The van der Waals surface area contributed by atoms with Crippen molar-refractivity contribution in [2.45, 2.75) is 0 Å². The van der Waals surface area contributed by atoms with Crippen LogP contribution in [-0.2, 0) is 0 Å². The van der Waals surface area contributed by atoms with Crippen LogP contribution in [0.25, 0.3) is 60.6 Å². The van der Waals surface area contributed by atoms with Crippen molar-refractivity contribution >= 4 is 32.9 Å². The zero-order chi connectivity index (χ0) is 30.8. The number of rotatable bonds is 6. The number of nitrogens with one attached hydrogen (secondary N) is 1. The summed E-state index contributed by atoms with van der Waals surface area (Å²) in [6.07, 6.45) is 0. The predicted molar refractivity (Wildman–Crippen MR) is 186 cm³/mol. The molecule has 0 radical (unpaired) electrons. The molecule has 7 rings (SSSR count). The third-order valence-corrected chi connectivity index (χ3v) is 8.28. The highest BCUT2D eigenvalue weighted by Gasteiger charge is 2.18.